The molecule has 3 nitrogen and oxygen atoms in total. The molecule has 0 saturated carbocycles. The Hall–Kier alpha value is -1.09. The van der Waals surface area contributed by atoms with Crippen molar-refractivity contribution in [2.24, 2.45) is 5.73 Å². The smallest absolute Gasteiger partial charge is 0.133 e. The van der Waals surface area contributed by atoms with Crippen LogP contribution in [0.3, 0.4) is 0 Å². The maximum Gasteiger partial charge on any atom is 0.133 e. The highest BCUT2D eigenvalue weighted by atomic mass is 15.2. The van der Waals surface area contributed by atoms with Gasteiger partial charge in [-0.05, 0) is 57.6 Å². The van der Waals surface area contributed by atoms with Crippen molar-refractivity contribution >= 4 is 5.82 Å². The molecule has 2 rings (SSSR count). The van der Waals surface area contributed by atoms with Crippen LogP contribution >= 0.6 is 0 Å². The quantitative estimate of drug-likeness (QED) is 0.886. The maximum absolute atomic E-state index is 5.95. The molecule has 0 aliphatic heterocycles. The lowest BCUT2D eigenvalue weighted by Gasteiger charge is -2.31. The summed E-state index contributed by atoms with van der Waals surface area (Å²) in [5.41, 5.74) is 9.89. The number of nitrogens with zero attached hydrogens (tertiary/aromatic N) is 2. The van der Waals surface area contributed by atoms with Crippen molar-refractivity contribution in [2.45, 2.75) is 65.5 Å². The van der Waals surface area contributed by atoms with Crippen molar-refractivity contribution in [3.8, 4) is 0 Å². The van der Waals surface area contributed by atoms with Crippen LogP contribution in [-0.4, -0.2) is 17.6 Å². The van der Waals surface area contributed by atoms with Gasteiger partial charge in [-0.1, -0.05) is 6.92 Å². The highest BCUT2D eigenvalue weighted by Gasteiger charge is 2.20. The van der Waals surface area contributed by atoms with E-state index in [0.29, 0.717) is 12.6 Å². The minimum atomic E-state index is 0.518. The number of nitrogens with two attached hydrogens (primary N) is 1. The topological polar surface area (TPSA) is 42.2 Å². The molecule has 1 aliphatic carbocycles. The van der Waals surface area contributed by atoms with Gasteiger partial charge < -0.3 is 10.6 Å². The molecule has 0 aromatic carbocycles. The van der Waals surface area contributed by atoms with Crippen molar-refractivity contribution in [3.63, 3.8) is 0 Å². The zero-order chi connectivity index (χ0) is 13.8. The van der Waals surface area contributed by atoms with Crippen LogP contribution in [0, 0.1) is 0 Å². The number of aryl methyl sites for hydroxylation is 2. The second kappa shape index (κ2) is 6.38. The Morgan fingerprint density at radius 3 is 2.68 bits per heavy atom. The van der Waals surface area contributed by atoms with E-state index in [1.807, 2.05) is 0 Å². The molecule has 0 spiro atoms. The Morgan fingerprint density at radius 2 is 2.05 bits per heavy atom. The Balaban J connectivity index is 2.42. The van der Waals surface area contributed by atoms with Crippen LogP contribution in [0.25, 0.3) is 0 Å². The van der Waals surface area contributed by atoms with Gasteiger partial charge in [0.1, 0.15) is 5.82 Å². The van der Waals surface area contributed by atoms with Crippen LogP contribution < -0.4 is 10.6 Å². The lowest BCUT2D eigenvalue weighted by atomic mass is 9.94. The standard InChI is InChI=1S/C16H27N3/c1-4-12(3)19(5-2)16-14(11-17)10-13-8-6-7-9-15(13)18-16/h10,12H,4-9,11,17H2,1-3H3. The second-order valence-electron chi connectivity index (χ2n) is 5.53. The van der Waals surface area contributed by atoms with Gasteiger partial charge in [-0.2, -0.15) is 0 Å². The summed E-state index contributed by atoms with van der Waals surface area (Å²) in [6, 6.07) is 2.83. The summed E-state index contributed by atoms with van der Waals surface area (Å²) in [6.45, 7) is 8.28. The van der Waals surface area contributed by atoms with E-state index in [-0.39, 0.29) is 0 Å². The Kier molecular flexibility index (Phi) is 4.81. The summed E-state index contributed by atoms with van der Waals surface area (Å²) in [5.74, 6) is 1.13. The first-order valence-electron chi connectivity index (χ1n) is 7.69. The van der Waals surface area contributed by atoms with Crippen molar-refractivity contribution < 1.29 is 0 Å². The first-order chi connectivity index (χ1) is 9.21. The van der Waals surface area contributed by atoms with Crippen LogP contribution in [0.15, 0.2) is 6.07 Å². The number of hydrogen-bond donors (Lipinski definition) is 1. The number of hydrogen-bond acceptors (Lipinski definition) is 3. The van der Waals surface area contributed by atoms with Gasteiger partial charge in [0, 0.05) is 30.4 Å². The first-order valence-corrected chi connectivity index (χ1v) is 7.69. The summed E-state index contributed by atoms with van der Waals surface area (Å²) >= 11 is 0. The average molecular weight is 261 g/mol. The molecule has 1 aromatic heterocycles. The second-order valence-corrected chi connectivity index (χ2v) is 5.53. The van der Waals surface area contributed by atoms with E-state index >= 15 is 0 Å². The van der Waals surface area contributed by atoms with E-state index in [0.717, 1.165) is 25.2 Å². The zero-order valence-electron chi connectivity index (χ0n) is 12.6. The molecule has 3 heteroatoms. The molecule has 0 amide bonds. The lowest BCUT2D eigenvalue weighted by molar-refractivity contribution is 0.610. The Labute approximate surface area is 117 Å². The van der Waals surface area contributed by atoms with Gasteiger partial charge in [-0.25, -0.2) is 4.98 Å². The van der Waals surface area contributed by atoms with Crippen LogP contribution in [0.1, 0.15) is 56.9 Å². The van der Waals surface area contributed by atoms with Crippen molar-refractivity contribution in [3.05, 3.63) is 22.9 Å². The zero-order valence-corrected chi connectivity index (χ0v) is 12.6. The Bertz CT molecular complexity index is 428. The summed E-state index contributed by atoms with van der Waals surface area (Å²) < 4.78 is 0. The van der Waals surface area contributed by atoms with Crippen LogP contribution in [0.4, 0.5) is 5.82 Å². The van der Waals surface area contributed by atoms with E-state index in [4.69, 9.17) is 10.7 Å². The third-order valence-corrected chi connectivity index (χ3v) is 4.31. The van der Waals surface area contributed by atoms with Gasteiger partial charge in [-0.15, -0.1) is 0 Å². The Morgan fingerprint density at radius 1 is 1.32 bits per heavy atom. The summed E-state index contributed by atoms with van der Waals surface area (Å²) in [6.07, 6.45) is 6.00. The molecule has 1 heterocycles. The molecule has 19 heavy (non-hydrogen) atoms. The third kappa shape index (κ3) is 2.92. The number of fused-ring (bicyclic) bond motifs is 1. The number of pyridine rings is 1. The van der Waals surface area contributed by atoms with E-state index in [1.165, 1.54) is 36.1 Å². The van der Waals surface area contributed by atoms with Crippen molar-refractivity contribution in [1.82, 2.24) is 4.98 Å². The van der Waals surface area contributed by atoms with E-state index < -0.39 is 0 Å². The summed E-state index contributed by atoms with van der Waals surface area (Å²) in [4.78, 5) is 7.37. The van der Waals surface area contributed by atoms with E-state index in [2.05, 4.69) is 31.7 Å². The highest BCUT2D eigenvalue weighted by Crippen LogP contribution is 2.28. The third-order valence-electron chi connectivity index (χ3n) is 4.31. The normalized spacial score (nSPS) is 16.0. The SMILES string of the molecule is CCC(C)N(CC)c1nc2c(cc1CN)CCCC2. The van der Waals surface area contributed by atoms with Gasteiger partial charge in [0.2, 0.25) is 0 Å². The number of rotatable bonds is 5. The van der Waals surface area contributed by atoms with Crippen LogP contribution in [0.2, 0.25) is 0 Å². The van der Waals surface area contributed by atoms with Gasteiger partial charge in [0.15, 0.2) is 0 Å². The molecule has 1 unspecified atom stereocenters. The minimum Gasteiger partial charge on any atom is -0.354 e. The van der Waals surface area contributed by atoms with Crippen LogP contribution in [-0.2, 0) is 19.4 Å². The van der Waals surface area contributed by atoms with Gasteiger partial charge >= 0.3 is 0 Å². The molecule has 0 fully saturated rings. The van der Waals surface area contributed by atoms with Crippen LogP contribution in [0.5, 0.6) is 0 Å². The van der Waals surface area contributed by atoms with Gasteiger partial charge in [0.05, 0.1) is 0 Å². The fourth-order valence-electron chi connectivity index (χ4n) is 2.96. The molecular formula is C16H27N3. The molecule has 0 saturated heterocycles. The maximum atomic E-state index is 5.95. The molecule has 1 atom stereocenters. The fourth-order valence-corrected chi connectivity index (χ4v) is 2.96. The highest BCUT2D eigenvalue weighted by molar-refractivity contribution is 5.51. The number of anilines is 1. The van der Waals surface area contributed by atoms with Gasteiger partial charge in [0.25, 0.3) is 0 Å². The predicted octanol–water partition coefficient (Wildman–Crippen LogP) is 3.04. The van der Waals surface area contributed by atoms with Crippen molar-refractivity contribution in [2.75, 3.05) is 11.4 Å². The molecule has 1 aromatic rings. The minimum absolute atomic E-state index is 0.518. The molecule has 106 valence electrons. The molecule has 2 N–H and O–H groups in total. The summed E-state index contributed by atoms with van der Waals surface area (Å²) in [5, 5.41) is 0. The van der Waals surface area contributed by atoms with Gasteiger partial charge in [-0.3, -0.25) is 0 Å². The summed E-state index contributed by atoms with van der Waals surface area (Å²) in [7, 11) is 0. The van der Waals surface area contributed by atoms with E-state index in [9.17, 15) is 0 Å². The first kappa shape index (κ1) is 14.3. The molecular weight excluding hydrogens is 234 g/mol. The predicted molar refractivity (Wildman–Crippen MR) is 81.5 cm³/mol. The lowest BCUT2D eigenvalue weighted by Crippen LogP contribution is -2.34. The fraction of sp³-hybridized carbons (Fsp3) is 0.688. The largest absolute Gasteiger partial charge is 0.354 e. The average Bonchev–Trinajstić information content (AvgIpc) is 2.46. The monoisotopic (exact) mass is 261 g/mol. The van der Waals surface area contributed by atoms with Crippen molar-refractivity contribution in [1.29, 1.82) is 0 Å². The number of aromatic nitrogens is 1. The molecule has 1 aliphatic rings. The molecule has 0 bridgehead atoms. The molecule has 0 radical (unpaired) electrons. The van der Waals surface area contributed by atoms with E-state index in [1.54, 1.807) is 0 Å².